The lowest BCUT2D eigenvalue weighted by atomic mass is 9.70. The predicted molar refractivity (Wildman–Crippen MR) is 427 cm³/mol. The molecule has 1 spiro atoms. The van der Waals surface area contributed by atoms with E-state index >= 15 is 0 Å². The molecule has 0 radical (unpaired) electrons. The maximum absolute atomic E-state index is 5.26. The molecule has 19 rings (SSSR count). The molecule has 0 saturated carbocycles. The molecule has 480 valence electrons. The van der Waals surface area contributed by atoms with Crippen molar-refractivity contribution in [1.82, 2.24) is 15.0 Å². The topological polar surface area (TPSA) is 38.7 Å². The van der Waals surface area contributed by atoms with Crippen LogP contribution in [0.1, 0.15) is 22.3 Å². The van der Waals surface area contributed by atoms with Crippen LogP contribution >= 0.6 is 0 Å². The first-order valence-electron chi connectivity index (χ1n) is 35.3. The molecule has 103 heavy (non-hydrogen) atoms. The highest BCUT2D eigenvalue weighted by Crippen LogP contribution is 2.63. The van der Waals surface area contributed by atoms with E-state index in [1.807, 2.05) is 0 Å². The Morgan fingerprint density at radius 2 is 0.311 bits per heavy atom. The van der Waals surface area contributed by atoms with E-state index in [1.165, 1.54) is 100 Å². The van der Waals surface area contributed by atoms with Crippen molar-refractivity contribution < 1.29 is 0 Å². The molecule has 0 N–H and O–H groups in total. The number of fused-ring (bicyclic) bond motifs is 10. The largest absolute Gasteiger partial charge is 0.208 e. The minimum Gasteiger partial charge on any atom is -0.208 e. The lowest BCUT2D eigenvalue weighted by Crippen LogP contribution is -2.25. The van der Waals surface area contributed by atoms with Crippen LogP contribution in [0.2, 0.25) is 0 Å². The van der Waals surface area contributed by atoms with Crippen LogP contribution in [0, 0.1) is 0 Å². The van der Waals surface area contributed by atoms with Crippen molar-refractivity contribution in [2.75, 3.05) is 0 Å². The molecule has 16 aromatic carbocycles. The highest BCUT2D eigenvalue weighted by atomic mass is 15.0. The normalized spacial score (nSPS) is 12.2. The maximum Gasteiger partial charge on any atom is 0.164 e. The Kier molecular flexibility index (Phi) is 15.1. The Balaban J connectivity index is 0.620. The van der Waals surface area contributed by atoms with Crippen molar-refractivity contribution >= 4 is 0 Å². The molecule has 3 heteroatoms. The van der Waals surface area contributed by atoms with Crippen LogP contribution in [0.5, 0.6) is 0 Å². The average Bonchev–Trinajstić information content (AvgIpc) is 1.51. The molecule has 0 aliphatic heterocycles. The summed E-state index contributed by atoms with van der Waals surface area (Å²) in [7, 11) is 0. The van der Waals surface area contributed by atoms with Gasteiger partial charge in [-0.1, -0.05) is 346 Å². The quantitative estimate of drug-likeness (QED) is 0.115. The third-order valence-electron chi connectivity index (χ3n) is 21.0. The van der Waals surface area contributed by atoms with E-state index in [2.05, 4.69) is 394 Å². The second-order valence-corrected chi connectivity index (χ2v) is 27.0. The van der Waals surface area contributed by atoms with Crippen molar-refractivity contribution in [2.24, 2.45) is 0 Å². The van der Waals surface area contributed by atoms with E-state index in [0.717, 1.165) is 72.3 Å². The molecule has 17 aromatic rings. The summed E-state index contributed by atoms with van der Waals surface area (Å²) in [6.07, 6.45) is 0. The smallest absolute Gasteiger partial charge is 0.164 e. The van der Waals surface area contributed by atoms with E-state index in [4.69, 9.17) is 15.0 Å². The third-order valence-corrected chi connectivity index (χ3v) is 21.0. The summed E-state index contributed by atoms with van der Waals surface area (Å²) in [5, 5.41) is 0. The van der Waals surface area contributed by atoms with Gasteiger partial charge in [0.1, 0.15) is 0 Å². The van der Waals surface area contributed by atoms with Gasteiger partial charge in [-0.3, -0.25) is 0 Å². The van der Waals surface area contributed by atoms with Gasteiger partial charge in [0.25, 0.3) is 0 Å². The summed E-state index contributed by atoms with van der Waals surface area (Å²) in [6, 6.07) is 143. The molecule has 2 aliphatic rings. The minimum atomic E-state index is -0.397. The lowest BCUT2D eigenvalue weighted by Gasteiger charge is -2.30. The SMILES string of the molecule is c1ccc(-c2cccc(-c3cccc(-c4ccc(-c5nc(-c6ccc(-c7cccc(-c8cccc(-c9ccccc9)c8)c7)cc6)nc(-c6ccc(-c7cccc(-c8cccc(-c9cccc(-c%10ccc%11c(c%10)C%10(c%12ccccc%12-c%12ccccc%12%10)c%10ccccc%10-%11)c9)c8)c7)cc6)n5)cc4)c3)c2)cc1. The summed E-state index contributed by atoms with van der Waals surface area (Å²) >= 11 is 0. The molecular formula is C100H65N3. The second-order valence-electron chi connectivity index (χ2n) is 27.0. The summed E-state index contributed by atoms with van der Waals surface area (Å²) < 4.78 is 0. The van der Waals surface area contributed by atoms with Gasteiger partial charge in [0.15, 0.2) is 17.5 Å². The molecule has 0 fully saturated rings. The molecule has 3 nitrogen and oxygen atoms in total. The van der Waals surface area contributed by atoms with E-state index in [0.29, 0.717) is 17.5 Å². The Hall–Kier alpha value is -13.5. The van der Waals surface area contributed by atoms with Gasteiger partial charge in [-0.15, -0.1) is 0 Å². The zero-order valence-corrected chi connectivity index (χ0v) is 56.4. The van der Waals surface area contributed by atoms with Crippen molar-refractivity contribution in [3.05, 3.63) is 417 Å². The van der Waals surface area contributed by atoms with Crippen LogP contribution < -0.4 is 0 Å². The lowest BCUT2D eigenvalue weighted by molar-refractivity contribution is 0.794. The zero-order valence-electron chi connectivity index (χ0n) is 56.4. The third kappa shape index (κ3) is 11.1. The van der Waals surface area contributed by atoms with Crippen LogP contribution in [0.4, 0.5) is 0 Å². The molecular weight excluding hydrogens is 1240 g/mol. The van der Waals surface area contributed by atoms with Gasteiger partial charge < -0.3 is 0 Å². The number of hydrogen-bond acceptors (Lipinski definition) is 3. The van der Waals surface area contributed by atoms with E-state index in [-0.39, 0.29) is 0 Å². The van der Waals surface area contributed by atoms with Gasteiger partial charge in [-0.05, 0) is 204 Å². The van der Waals surface area contributed by atoms with Crippen LogP contribution in [-0.4, -0.2) is 15.0 Å². The first-order chi connectivity index (χ1) is 51.0. The molecule has 0 unspecified atom stereocenters. The average molecular weight is 1310 g/mol. The number of hydrogen-bond donors (Lipinski definition) is 0. The minimum absolute atomic E-state index is 0.397. The second kappa shape index (κ2) is 25.7. The molecule has 0 bridgehead atoms. The number of benzene rings is 16. The Morgan fingerprint density at radius 3 is 0.583 bits per heavy atom. The summed E-state index contributed by atoms with van der Waals surface area (Å²) in [6.45, 7) is 0. The van der Waals surface area contributed by atoms with Gasteiger partial charge in [0, 0.05) is 16.7 Å². The van der Waals surface area contributed by atoms with Crippen molar-refractivity contribution in [2.45, 2.75) is 5.41 Å². The van der Waals surface area contributed by atoms with Gasteiger partial charge in [-0.25, -0.2) is 15.0 Å². The van der Waals surface area contributed by atoms with Crippen molar-refractivity contribution in [3.8, 4) is 168 Å². The molecule has 0 saturated heterocycles. The standard InChI is InChI=1S/C100H65N3/c1-3-20-66(21-4-1)74-24-13-29-79(58-74)81-31-15-26-76(60-81)68-44-50-71(51-45-68)97-101-98(72-52-46-69(47-53-72)77-27-16-32-82(61-77)80-30-14-25-75(59-80)67-22-5-2-6-23-67)103-99(102-97)73-54-48-70(49-55-73)78-28-17-33-83(62-78)84-34-18-35-85(63-84)86-36-19-37-87(64-86)88-56-57-92-91-40-9-12-43-95(91)100(96(92)65-88)93-41-10-7-38-89(93)90-39-8-11-42-94(90)100/h1-65H. The van der Waals surface area contributed by atoms with Crippen molar-refractivity contribution in [3.63, 3.8) is 0 Å². The van der Waals surface area contributed by atoms with Crippen molar-refractivity contribution in [1.29, 1.82) is 0 Å². The maximum atomic E-state index is 5.26. The van der Waals surface area contributed by atoms with E-state index < -0.39 is 5.41 Å². The fourth-order valence-corrected chi connectivity index (χ4v) is 15.9. The zero-order chi connectivity index (χ0) is 68.2. The van der Waals surface area contributed by atoms with Crippen LogP contribution in [-0.2, 0) is 5.41 Å². The first-order valence-corrected chi connectivity index (χ1v) is 35.3. The van der Waals surface area contributed by atoms with Gasteiger partial charge in [0.2, 0.25) is 0 Å². The Bertz CT molecular complexity index is 5840. The fraction of sp³-hybridized carbons (Fsp3) is 0.0100. The van der Waals surface area contributed by atoms with Crippen LogP contribution in [0.3, 0.4) is 0 Å². The highest BCUT2D eigenvalue weighted by molar-refractivity contribution is 5.96. The molecule has 1 heterocycles. The Morgan fingerprint density at radius 1 is 0.126 bits per heavy atom. The van der Waals surface area contributed by atoms with Crippen LogP contribution in [0.25, 0.3) is 168 Å². The van der Waals surface area contributed by atoms with Gasteiger partial charge >= 0.3 is 0 Å². The number of rotatable bonds is 13. The summed E-state index contributed by atoms with van der Waals surface area (Å²) in [5.74, 6) is 1.80. The Labute approximate surface area is 600 Å². The molecule has 0 amide bonds. The molecule has 0 atom stereocenters. The first kappa shape index (κ1) is 60.7. The van der Waals surface area contributed by atoms with E-state index in [9.17, 15) is 0 Å². The summed E-state index contributed by atoms with van der Waals surface area (Å²) in [4.78, 5) is 15.8. The fourth-order valence-electron chi connectivity index (χ4n) is 15.9. The molecule has 1 aromatic heterocycles. The number of aromatic nitrogens is 3. The van der Waals surface area contributed by atoms with Gasteiger partial charge in [0.05, 0.1) is 5.41 Å². The highest BCUT2D eigenvalue weighted by Gasteiger charge is 2.51. The molecule has 2 aliphatic carbocycles. The predicted octanol–water partition coefficient (Wildman–Crippen LogP) is 25.9. The summed E-state index contributed by atoms with van der Waals surface area (Å²) in [5.41, 5.74) is 36.1. The number of nitrogens with zero attached hydrogens (tertiary/aromatic N) is 3. The van der Waals surface area contributed by atoms with Crippen LogP contribution in [0.15, 0.2) is 394 Å². The van der Waals surface area contributed by atoms with Gasteiger partial charge in [-0.2, -0.15) is 0 Å². The monoisotopic (exact) mass is 1310 g/mol. The van der Waals surface area contributed by atoms with E-state index in [1.54, 1.807) is 0 Å².